The maximum atomic E-state index is 12.1. The first-order valence-corrected chi connectivity index (χ1v) is 7.18. The highest BCUT2D eigenvalue weighted by molar-refractivity contribution is 6.18. The van der Waals surface area contributed by atoms with Crippen LogP contribution in [0.2, 0.25) is 0 Å². The smallest absolute Gasteiger partial charge is 0.345 e. The molecule has 0 heterocycles. The fourth-order valence-electron chi connectivity index (χ4n) is 1.73. The zero-order valence-electron chi connectivity index (χ0n) is 13.5. The van der Waals surface area contributed by atoms with Gasteiger partial charge in [-0.3, -0.25) is 0 Å². The van der Waals surface area contributed by atoms with Crippen molar-refractivity contribution in [3.63, 3.8) is 0 Å². The summed E-state index contributed by atoms with van der Waals surface area (Å²) in [6, 6.07) is 6.04. The van der Waals surface area contributed by atoms with Crippen LogP contribution in [0.3, 0.4) is 0 Å². The van der Waals surface area contributed by atoms with Crippen molar-refractivity contribution in [1.82, 2.24) is 0 Å². The Morgan fingerprint density at radius 1 is 0.957 bits per heavy atom. The van der Waals surface area contributed by atoms with Crippen molar-refractivity contribution in [3.8, 4) is 0 Å². The lowest BCUT2D eigenvalue weighted by atomic mass is 10.0. The molecule has 0 saturated carbocycles. The second kappa shape index (κ2) is 8.12. The predicted octanol–water partition coefficient (Wildman–Crippen LogP) is 2.67. The van der Waals surface area contributed by atoms with Gasteiger partial charge >= 0.3 is 17.9 Å². The van der Waals surface area contributed by atoms with Crippen LogP contribution >= 0.6 is 0 Å². The van der Waals surface area contributed by atoms with E-state index in [4.69, 9.17) is 9.47 Å². The highest BCUT2D eigenvalue weighted by atomic mass is 16.6. The number of carbonyl (C=O) groups is 3. The summed E-state index contributed by atoms with van der Waals surface area (Å²) in [4.78, 5) is 35.5. The summed E-state index contributed by atoms with van der Waals surface area (Å²) in [6.45, 7) is 6.59. The second-order valence-electron chi connectivity index (χ2n) is 5.36. The van der Waals surface area contributed by atoms with Crippen LogP contribution in [0.5, 0.6) is 0 Å². The summed E-state index contributed by atoms with van der Waals surface area (Å²) in [7, 11) is 0. The molecule has 23 heavy (non-hydrogen) atoms. The average molecular weight is 320 g/mol. The summed E-state index contributed by atoms with van der Waals surface area (Å²) >= 11 is 0. The van der Waals surface area contributed by atoms with Gasteiger partial charge in [0.15, 0.2) is 0 Å². The van der Waals surface area contributed by atoms with Crippen molar-refractivity contribution in [2.24, 2.45) is 0 Å². The third kappa shape index (κ3) is 5.58. The summed E-state index contributed by atoms with van der Waals surface area (Å²) in [5.74, 6) is -2.87. The number of hydrogen-bond donors (Lipinski definition) is 1. The molecule has 0 fully saturated rings. The molecule has 0 bridgehead atoms. The first kappa shape index (κ1) is 18.4. The minimum Gasteiger partial charge on any atom is -0.478 e. The summed E-state index contributed by atoms with van der Waals surface area (Å²) < 4.78 is 10.1. The number of carbonyl (C=O) groups excluding carboxylic acids is 2. The molecule has 0 aliphatic carbocycles. The number of benzene rings is 1. The molecule has 0 radical (unpaired) electrons. The number of aromatic carboxylic acids is 1. The molecule has 1 N–H and O–H groups in total. The molecule has 0 spiro atoms. The highest BCUT2D eigenvalue weighted by Gasteiger charge is 2.24. The molecule has 1 aromatic carbocycles. The third-order valence-corrected chi connectivity index (χ3v) is 2.62. The fourth-order valence-corrected chi connectivity index (χ4v) is 1.73. The monoisotopic (exact) mass is 320 g/mol. The minimum atomic E-state index is -1.16. The van der Waals surface area contributed by atoms with Gasteiger partial charge in [-0.1, -0.05) is 18.2 Å². The number of carboxylic acid groups (broad SMARTS) is 1. The van der Waals surface area contributed by atoms with E-state index in [1.54, 1.807) is 39.8 Å². The Morgan fingerprint density at radius 3 is 1.87 bits per heavy atom. The van der Waals surface area contributed by atoms with Crippen LogP contribution < -0.4 is 0 Å². The van der Waals surface area contributed by atoms with Gasteiger partial charge in [-0.05, 0) is 45.4 Å². The number of rotatable bonds is 6. The van der Waals surface area contributed by atoms with Crippen LogP contribution in [-0.4, -0.2) is 35.2 Å². The van der Waals surface area contributed by atoms with E-state index in [9.17, 15) is 19.5 Å². The van der Waals surface area contributed by atoms with Crippen LogP contribution in [0.25, 0.3) is 6.08 Å². The number of hydrogen-bond acceptors (Lipinski definition) is 5. The third-order valence-electron chi connectivity index (χ3n) is 2.62. The van der Waals surface area contributed by atoms with E-state index in [1.807, 2.05) is 0 Å². The minimum absolute atomic E-state index is 0.0281. The SMILES string of the molecule is CC(C)OC(=O)C(=Cc1ccccc1C(=O)O)C(=O)OC(C)C. The van der Waals surface area contributed by atoms with Gasteiger partial charge in [-0.2, -0.15) is 0 Å². The number of ether oxygens (including phenoxy) is 2. The lowest BCUT2D eigenvalue weighted by Gasteiger charge is -2.13. The van der Waals surface area contributed by atoms with Gasteiger partial charge in [0, 0.05) is 0 Å². The standard InChI is InChI=1S/C17H20O6/c1-10(2)22-16(20)14(17(21)23-11(3)4)9-12-7-5-6-8-13(12)15(18)19/h5-11H,1-4H3,(H,18,19). The van der Waals surface area contributed by atoms with E-state index >= 15 is 0 Å². The van der Waals surface area contributed by atoms with Gasteiger partial charge in [0.25, 0.3) is 0 Å². The summed E-state index contributed by atoms with van der Waals surface area (Å²) in [6.07, 6.45) is 0.332. The van der Waals surface area contributed by atoms with Gasteiger partial charge in [0.2, 0.25) is 0 Å². The average Bonchev–Trinajstić information content (AvgIpc) is 2.43. The molecule has 6 nitrogen and oxygen atoms in total. The van der Waals surface area contributed by atoms with Crippen LogP contribution in [-0.2, 0) is 19.1 Å². The Balaban J connectivity index is 3.31. The van der Waals surface area contributed by atoms with E-state index in [0.29, 0.717) is 0 Å². The topological polar surface area (TPSA) is 89.9 Å². The Labute approximate surface area is 134 Å². The molecule has 6 heteroatoms. The summed E-state index contributed by atoms with van der Waals surface area (Å²) in [5.41, 5.74) is -0.155. The van der Waals surface area contributed by atoms with Crippen molar-refractivity contribution >= 4 is 24.0 Å². The quantitative estimate of drug-likeness (QED) is 0.375. The lowest BCUT2D eigenvalue weighted by Crippen LogP contribution is -2.23. The van der Waals surface area contributed by atoms with E-state index in [-0.39, 0.29) is 16.7 Å². The molecule has 1 rings (SSSR count). The number of carboxylic acids is 1. The van der Waals surface area contributed by atoms with Gasteiger partial charge in [-0.25, -0.2) is 14.4 Å². The fraction of sp³-hybridized carbons (Fsp3) is 0.353. The van der Waals surface area contributed by atoms with Gasteiger partial charge in [0.05, 0.1) is 17.8 Å². The molecule has 0 aromatic heterocycles. The first-order chi connectivity index (χ1) is 10.7. The van der Waals surface area contributed by atoms with Crippen LogP contribution in [0.1, 0.15) is 43.6 Å². The second-order valence-corrected chi connectivity index (χ2v) is 5.36. The molecular weight excluding hydrogens is 300 g/mol. The molecule has 0 amide bonds. The normalized spacial score (nSPS) is 10.3. The Kier molecular flexibility index (Phi) is 6.50. The van der Waals surface area contributed by atoms with Crippen LogP contribution in [0, 0.1) is 0 Å². The van der Waals surface area contributed by atoms with Crippen molar-refractivity contribution in [3.05, 3.63) is 41.0 Å². The number of esters is 2. The van der Waals surface area contributed by atoms with E-state index < -0.39 is 30.1 Å². The van der Waals surface area contributed by atoms with Crippen molar-refractivity contribution in [2.75, 3.05) is 0 Å². The van der Waals surface area contributed by atoms with Gasteiger partial charge in [0.1, 0.15) is 5.57 Å². The van der Waals surface area contributed by atoms with E-state index in [0.717, 1.165) is 0 Å². The van der Waals surface area contributed by atoms with Crippen LogP contribution in [0.15, 0.2) is 29.8 Å². The lowest BCUT2D eigenvalue weighted by molar-refractivity contribution is -0.150. The maximum absolute atomic E-state index is 12.1. The molecule has 0 saturated heterocycles. The molecule has 0 unspecified atom stereocenters. The molecule has 1 aromatic rings. The van der Waals surface area contributed by atoms with Gasteiger partial charge in [-0.15, -0.1) is 0 Å². The molecule has 124 valence electrons. The van der Waals surface area contributed by atoms with Crippen molar-refractivity contribution in [1.29, 1.82) is 0 Å². The Hall–Kier alpha value is -2.63. The summed E-state index contributed by atoms with van der Waals surface area (Å²) in [5, 5.41) is 9.18. The molecule has 0 aliphatic heterocycles. The first-order valence-electron chi connectivity index (χ1n) is 7.18. The van der Waals surface area contributed by atoms with Crippen molar-refractivity contribution in [2.45, 2.75) is 39.9 Å². The van der Waals surface area contributed by atoms with E-state index in [2.05, 4.69) is 0 Å². The molecule has 0 atom stereocenters. The van der Waals surface area contributed by atoms with Crippen LogP contribution in [0.4, 0.5) is 0 Å². The van der Waals surface area contributed by atoms with Crippen molar-refractivity contribution < 1.29 is 29.0 Å². The van der Waals surface area contributed by atoms with Gasteiger partial charge < -0.3 is 14.6 Å². The Morgan fingerprint density at radius 2 is 1.43 bits per heavy atom. The highest BCUT2D eigenvalue weighted by Crippen LogP contribution is 2.16. The zero-order valence-corrected chi connectivity index (χ0v) is 13.5. The van der Waals surface area contributed by atoms with E-state index in [1.165, 1.54) is 18.2 Å². The zero-order chi connectivity index (χ0) is 17.6. The maximum Gasteiger partial charge on any atom is 0.345 e. The molecular formula is C17H20O6. The predicted molar refractivity (Wildman–Crippen MR) is 83.8 cm³/mol. The largest absolute Gasteiger partial charge is 0.478 e. The molecule has 0 aliphatic rings. The Bertz CT molecular complexity index is 604.